The molecule has 0 atom stereocenters. The first-order chi connectivity index (χ1) is 51.2. The van der Waals surface area contributed by atoms with Crippen LogP contribution in [0, 0.1) is 0 Å². The Morgan fingerprint density at radius 3 is 1.16 bits per heavy atom. The predicted octanol–water partition coefficient (Wildman–Crippen LogP) is 10.7. The van der Waals surface area contributed by atoms with Crippen LogP contribution >= 0.6 is 34.0 Å². The van der Waals surface area contributed by atoms with Crippen LogP contribution in [0.2, 0.25) is 0 Å². The molecule has 22 nitrogen and oxygen atoms in total. The third kappa shape index (κ3) is 26.1. The molecule has 12 heterocycles. The van der Waals surface area contributed by atoms with Gasteiger partial charge in [0.25, 0.3) is 0 Å². The maximum absolute atomic E-state index is 12.7. The predicted molar refractivity (Wildman–Crippen MR) is 395 cm³/mol. The number of piperidine rings is 3. The van der Waals surface area contributed by atoms with Gasteiger partial charge in [-0.1, -0.05) is 36.4 Å². The summed E-state index contributed by atoms with van der Waals surface area (Å²) in [6, 6.07) is 24.3. The molecule has 0 saturated carbocycles. The summed E-state index contributed by atoms with van der Waals surface area (Å²) in [7, 11) is 4.32. The van der Waals surface area contributed by atoms with Crippen molar-refractivity contribution in [3.63, 3.8) is 0 Å². The number of hydrogen-bond acceptors (Lipinski definition) is 25. The minimum atomic E-state index is -4.22. The van der Waals surface area contributed by atoms with Crippen molar-refractivity contribution in [3.05, 3.63) is 156 Å². The van der Waals surface area contributed by atoms with Gasteiger partial charge in [-0.25, -0.2) is 49.3 Å². The van der Waals surface area contributed by atoms with Crippen LogP contribution in [-0.2, 0) is 80.8 Å². The number of benzene rings is 3. The van der Waals surface area contributed by atoms with Crippen molar-refractivity contribution in [3.8, 4) is 0 Å². The summed E-state index contributed by atoms with van der Waals surface area (Å²) >= 11 is 3.24. The van der Waals surface area contributed by atoms with Crippen LogP contribution in [0.25, 0.3) is 30.6 Å². The molecule has 0 unspecified atom stereocenters. The molecule has 0 amide bonds. The SMILES string of the molecule is CC(=O)OOC(C)=O.FC(F)(F)Cc1cc2c(NC3CCN(Cc4ccc5c(c4)C=NC5)CC3)ncnc2s1.FC(F)(F)Cc1cc2c(NC3CCN(Cc4ccc5c(c4)C=NC5)CC3)ncnc2s1.FC(F)(F)Cc1cc2c(NC3CCNCC3)ncnc2s1.O=Cc1ccc2c(c1)C=NC2.[B-]OC(C)=O.[Na+]. The fourth-order valence-electron chi connectivity index (χ4n) is 12.3. The molecule has 0 aliphatic carbocycles. The van der Waals surface area contributed by atoms with Gasteiger partial charge in [0, 0.05) is 117 Å². The smallest absolute Gasteiger partial charge is 0.793 e. The van der Waals surface area contributed by atoms with E-state index in [1.165, 1.54) is 64.8 Å². The van der Waals surface area contributed by atoms with Gasteiger partial charge < -0.3 is 34.0 Å². The molecule has 565 valence electrons. The first-order valence-electron chi connectivity index (χ1n) is 34.1. The van der Waals surface area contributed by atoms with E-state index in [9.17, 15) is 58.7 Å². The molecule has 3 fully saturated rings. The number of carbonyl (C=O) groups excluding carboxylic acids is 4. The van der Waals surface area contributed by atoms with Gasteiger partial charge in [-0.2, -0.15) is 39.5 Å². The number of carbonyl (C=O) groups is 4. The van der Waals surface area contributed by atoms with E-state index in [0.717, 1.165) is 176 Å². The minimum absolute atomic E-state index is 0. The van der Waals surface area contributed by atoms with Crippen LogP contribution in [0.3, 0.4) is 0 Å². The van der Waals surface area contributed by atoms with Gasteiger partial charge in [0.15, 0.2) is 0 Å². The van der Waals surface area contributed by atoms with Gasteiger partial charge in [0.1, 0.15) is 57.2 Å². The number of aromatic nitrogens is 6. The number of anilines is 3. The third-order valence-electron chi connectivity index (χ3n) is 17.3. The summed E-state index contributed by atoms with van der Waals surface area (Å²) in [5.41, 5.74) is 10.6. The van der Waals surface area contributed by atoms with Crippen molar-refractivity contribution in [1.82, 2.24) is 45.0 Å². The Kier molecular flexibility index (Phi) is 30.4. The number of aliphatic imine (C=N–C) groups is 3. The van der Waals surface area contributed by atoms with E-state index in [-0.39, 0.29) is 56.3 Å². The second-order valence-corrected chi connectivity index (χ2v) is 29.1. The molecule has 9 aromatic rings. The molecule has 6 aliphatic rings. The van der Waals surface area contributed by atoms with Gasteiger partial charge >= 0.3 is 60.0 Å². The molecule has 0 bridgehead atoms. The van der Waals surface area contributed by atoms with E-state index in [4.69, 9.17) is 0 Å². The Balaban J connectivity index is 0.000000163. The molecule has 36 heteroatoms. The molecule has 3 radical (unpaired) electrons. The first-order valence-corrected chi connectivity index (χ1v) is 36.5. The number of alkyl halides is 9. The number of nitrogens with zero attached hydrogens (tertiary/aromatic N) is 11. The van der Waals surface area contributed by atoms with Crippen LogP contribution in [0.1, 0.15) is 129 Å². The van der Waals surface area contributed by atoms with Crippen molar-refractivity contribution < 1.29 is 103 Å². The van der Waals surface area contributed by atoms with Crippen molar-refractivity contribution >= 4 is 133 Å². The van der Waals surface area contributed by atoms with E-state index in [1.54, 1.807) is 18.2 Å². The summed E-state index contributed by atoms with van der Waals surface area (Å²) in [5.74, 6) is 0.152. The largest absolute Gasteiger partial charge is 1.00 e. The Morgan fingerprint density at radius 1 is 0.500 bits per heavy atom. The van der Waals surface area contributed by atoms with Crippen LogP contribution in [0.15, 0.2) is 107 Å². The Hall–Kier alpha value is -8.42. The Bertz CT molecular complexity index is 4450. The average Bonchev–Trinajstić information content (AvgIpc) is 1.64. The summed E-state index contributed by atoms with van der Waals surface area (Å²) in [4.78, 5) is 92.5. The van der Waals surface area contributed by atoms with Crippen LogP contribution in [0.5, 0.6) is 0 Å². The second-order valence-electron chi connectivity index (χ2n) is 25.7. The van der Waals surface area contributed by atoms with Crippen molar-refractivity contribution in [2.24, 2.45) is 15.0 Å². The summed E-state index contributed by atoms with van der Waals surface area (Å²) < 4.78 is 118. The molecule has 4 N–H and O–H groups in total. The first kappa shape index (κ1) is 83.6. The van der Waals surface area contributed by atoms with Crippen molar-refractivity contribution in [2.45, 2.75) is 148 Å². The number of aldehydes is 1. The Labute approximate surface area is 651 Å². The van der Waals surface area contributed by atoms with Gasteiger partial charge in [0.05, 0.1) is 55.1 Å². The van der Waals surface area contributed by atoms with E-state index in [1.807, 2.05) is 36.8 Å². The van der Waals surface area contributed by atoms with Gasteiger partial charge in [-0.05, 0) is 133 Å². The zero-order chi connectivity index (χ0) is 76.3. The molecular weight excluding hydrogens is 1490 g/mol. The average molecular weight is 1560 g/mol. The summed E-state index contributed by atoms with van der Waals surface area (Å²) in [5, 5.41) is 15.5. The van der Waals surface area contributed by atoms with Gasteiger partial charge in [0.2, 0.25) is 5.97 Å². The van der Waals surface area contributed by atoms with E-state index in [0.29, 0.717) is 54.1 Å². The zero-order valence-electron chi connectivity index (χ0n) is 59.3. The van der Waals surface area contributed by atoms with Crippen molar-refractivity contribution in [2.75, 3.05) is 55.2 Å². The van der Waals surface area contributed by atoms with E-state index in [2.05, 4.69) is 135 Å². The number of rotatable bonds is 14. The van der Waals surface area contributed by atoms with Crippen LogP contribution in [-0.4, -0.2) is 167 Å². The number of likely N-dealkylation sites (tertiary alicyclic amines) is 2. The number of hydrogen-bond donors (Lipinski definition) is 4. The quantitative estimate of drug-likeness (QED) is 0.0259. The maximum Gasteiger partial charge on any atom is 1.00 e. The molecule has 6 aromatic heterocycles. The molecule has 108 heavy (non-hydrogen) atoms. The molecule has 3 saturated heterocycles. The van der Waals surface area contributed by atoms with Gasteiger partial charge in [-0.3, -0.25) is 34.4 Å². The summed E-state index contributed by atoms with van der Waals surface area (Å²) in [6.45, 7) is 13.4. The second kappa shape index (κ2) is 39.3. The van der Waals surface area contributed by atoms with Gasteiger partial charge in [-0.15, -0.1) is 34.0 Å². The van der Waals surface area contributed by atoms with E-state index >= 15 is 0 Å². The molecular formula is C72H75BF9N15NaO7S3. The van der Waals surface area contributed by atoms with Crippen molar-refractivity contribution in [1.29, 1.82) is 0 Å². The molecule has 6 aliphatic heterocycles. The monoisotopic (exact) mass is 1560 g/mol. The number of thiophene rings is 3. The van der Waals surface area contributed by atoms with E-state index < -0.39 is 55.7 Å². The number of halogens is 9. The number of nitrogens with one attached hydrogen (secondary N) is 4. The zero-order valence-corrected chi connectivity index (χ0v) is 63.8. The molecule has 3 aromatic carbocycles. The third-order valence-corrected chi connectivity index (χ3v) is 20.4. The normalized spacial score (nSPS) is 15.6. The van der Waals surface area contributed by atoms with Crippen LogP contribution < -0.4 is 50.8 Å². The fourth-order valence-corrected chi connectivity index (χ4v) is 15.3. The standard InChI is InChI=1S/2C22H22F3N5S.C13H15F3N4S.C9H7NO.C4H6O4.C2H3BO2.Na/c2*23-22(24,25)9-18-8-19-20(27-13-28-21(19)31-18)29-17-3-5-30(6-4-17)12-14-1-2-15-10-26-11-16(15)7-14;14-13(15,16)6-9-5-10-11(18-7-19-12(10)21-9)20-8-1-3-17-4-2-8;11-6-7-1-2-8-4-10-5-9(8)3-7;1-3(5)7-8-4(2)6;1-2(4)5-3;/h2*1-2,7-8,11,13,17H,3-6,9-10,12H2,(H,27,28,29);5,7-8,17H,1-4,6H2,(H,18,19,20);1-3,5-6H,4H2;1-2H3;1H3;/q;;;;;-1;+1. The summed E-state index contributed by atoms with van der Waals surface area (Å²) in [6.07, 6.45) is 1.16. The maximum atomic E-state index is 12.7. The molecule has 15 rings (SSSR count). The topological polar surface area (TPSA) is 265 Å². The molecule has 0 spiro atoms. The van der Waals surface area contributed by atoms with Crippen LogP contribution in [0.4, 0.5) is 57.0 Å². The Morgan fingerprint density at radius 2 is 0.833 bits per heavy atom. The number of fused-ring (bicyclic) bond motifs is 6. The fraction of sp³-hybridized carbons (Fsp3) is 0.403. The minimum Gasteiger partial charge on any atom is -0.793 e.